The number of benzene rings is 1. The van der Waals surface area contributed by atoms with Crippen molar-refractivity contribution >= 4 is 17.8 Å². The van der Waals surface area contributed by atoms with Crippen LogP contribution in [0, 0.1) is 5.92 Å². The van der Waals surface area contributed by atoms with Gasteiger partial charge in [0.15, 0.2) is 11.5 Å². The Labute approximate surface area is 176 Å². The number of imide groups is 1. The summed E-state index contributed by atoms with van der Waals surface area (Å²) in [6.07, 6.45) is 3.35. The Hall–Kier alpha value is -2.77. The maximum atomic E-state index is 13.4. The number of ether oxygens (including phenoxy) is 2. The number of rotatable bonds is 6. The van der Waals surface area contributed by atoms with Crippen molar-refractivity contribution in [1.29, 1.82) is 0 Å². The largest absolute Gasteiger partial charge is 0.454 e. The second-order valence-corrected chi connectivity index (χ2v) is 8.24. The maximum absolute atomic E-state index is 13.4. The topological polar surface area (TPSA) is 88.2 Å². The fraction of sp³-hybridized carbons (Fsp3) is 0.591. The third-order valence-corrected chi connectivity index (χ3v) is 6.55. The van der Waals surface area contributed by atoms with E-state index in [2.05, 4.69) is 5.32 Å². The Morgan fingerprint density at radius 2 is 1.90 bits per heavy atom. The molecule has 1 aromatic carbocycles. The van der Waals surface area contributed by atoms with Gasteiger partial charge in [-0.3, -0.25) is 14.5 Å². The number of nitrogens with zero attached hydrogens (tertiary/aromatic N) is 2. The molecule has 1 N–H and O–H groups in total. The zero-order valence-corrected chi connectivity index (χ0v) is 17.6. The number of hydrogen-bond acceptors (Lipinski definition) is 5. The van der Waals surface area contributed by atoms with E-state index in [1.165, 1.54) is 4.90 Å². The first-order chi connectivity index (χ1) is 14.5. The molecule has 0 radical (unpaired) electrons. The normalized spacial score (nSPS) is 23.8. The summed E-state index contributed by atoms with van der Waals surface area (Å²) in [6.45, 7) is 5.58. The van der Waals surface area contributed by atoms with Crippen molar-refractivity contribution in [2.24, 2.45) is 5.92 Å². The minimum Gasteiger partial charge on any atom is -0.454 e. The molecule has 1 unspecified atom stereocenters. The second-order valence-electron chi connectivity index (χ2n) is 8.24. The van der Waals surface area contributed by atoms with Gasteiger partial charge in [-0.15, -0.1) is 0 Å². The van der Waals surface area contributed by atoms with Gasteiger partial charge < -0.3 is 19.7 Å². The molecule has 1 aromatic rings. The summed E-state index contributed by atoms with van der Waals surface area (Å²) < 4.78 is 10.7. The van der Waals surface area contributed by atoms with E-state index in [-0.39, 0.29) is 37.1 Å². The average molecular weight is 415 g/mol. The van der Waals surface area contributed by atoms with Crippen LogP contribution in [0.3, 0.4) is 0 Å². The van der Waals surface area contributed by atoms with Crippen molar-refractivity contribution in [3.8, 4) is 11.5 Å². The number of carbonyl (C=O) groups is 3. The van der Waals surface area contributed by atoms with Crippen LogP contribution in [0.2, 0.25) is 0 Å². The van der Waals surface area contributed by atoms with E-state index in [4.69, 9.17) is 9.47 Å². The van der Waals surface area contributed by atoms with Crippen LogP contribution >= 0.6 is 0 Å². The van der Waals surface area contributed by atoms with E-state index >= 15 is 0 Å². The number of likely N-dealkylation sites (tertiary alicyclic amines) is 1. The summed E-state index contributed by atoms with van der Waals surface area (Å²) >= 11 is 0. The molecule has 0 saturated carbocycles. The van der Waals surface area contributed by atoms with E-state index < -0.39 is 5.54 Å². The molecule has 0 bridgehead atoms. The van der Waals surface area contributed by atoms with Gasteiger partial charge in [0.25, 0.3) is 5.91 Å². The average Bonchev–Trinajstić information content (AvgIpc) is 3.32. The van der Waals surface area contributed by atoms with E-state index in [0.717, 1.165) is 12.0 Å². The Morgan fingerprint density at radius 1 is 1.17 bits per heavy atom. The van der Waals surface area contributed by atoms with Gasteiger partial charge in [0.1, 0.15) is 5.54 Å². The van der Waals surface area contributed by atoms with Gasteiger partial charge in [0.2, 0.25) is 12.7 Å². The van der Waals surface area contributed by atoms with Crippen molar-refractivity contribution in [3.63, 3.8) is 0 Å². The monoisotopic (exact) mass is 415 g/mol. The fourth-order valence-corrected chi connectivity index (χ4v) is 4.81. The van der Waals surface area contributed by atoms with Crippen LogP contribution < -0.4 is 14.8 Å². The Balaban J connectivity index is 1.46. The summed E-state index contributed by atoms with van der Waals surface area (Å²) in [6, 6.07) is 5.10. The second kappa shape index (κ2) is 8.16. The summed E-state index contributed by atoms with van der Waals surface area (Å²) in [7, 11) is 0. The molecule has 0 aromatic heterocycles. The van der Waals surface area contributed by atoms with Crippen LogP contribution in [0.1, 0.15) is 51.5 Å². The van der Waals surface area contributed by atoms with Gasteiger partial charge in [-0.05, 0) is 49.3 Å². The standard InChI is InChI=1S/C22H29N3O5/c1-3-5-19(26)24-10-8-16(9-11-24)22(4-2)20(27)25(21(28)23-22)13-15-6-7-17-18(12-15)30-14-29-17/h6-7,12,16H,3-5,8-11,13-14H2,1-2H3,(H,23,28). The Kier molecular flexibility index (Phi) is 5.58. The van der Waals surface area contributed by atoms with Crippen LogP contribution in [-0.2, 0) is 16.1 Å². The third kappa shape index (κ3) is 3.48. The van der Waals surface area contributed by atoms with Crippen molar-refractivity contribution in [1.82, 2.24) is 15.1 Å². The van der Waals surface area contributed by atoms with Crippen LogP contribution in [0.5, 0.6) is 11.5 Å². The molecule has 3 aliphatic heterocycles. The third-order valence-electron chi connectivity index (χ3n) is 6.55. The first-order valence-corrected chi connectivity index (χ1v) is 10.8. The van der Waals surface area contributed by atoms with Gasteiger partial charge in [-0.1, -0.05) is 19.9 Å². The van der Waals surface area contributed by atoms with Crippen molar-refractivity contribution in [2.45, 2.75) is 58.0 Å². The van der Waals surface area contributed by atoms with Gasteiger partial charge in [-0.2, -0.15) is 0 Å². The summed E-state index contributed by atoms with van der Waals surface area (Å²) in [5.74, 6) is 1.32. The number of fused-ring (bicyclic) bond motifs is 1. The lowest BCUT2D eigenvalue weighted by Gasteiger charge is -2.40. The van der Waals surface area contributed by atoms with Gasteiger partial charge in [-0.25, -0.2) is 4.79 Å². The number of nitrogens with one attached hydrogen (secondary N) is 1. The van der Waals surface area contributed by atoms with Crippen LogP contribution in [0.15, 0.2) is 18.2 Å². The quantitative estimate of drug-likeness (QED) is 0.722. The first kappa shape index (κ1) is 20.5. The minimum absolute atomic E-state index is 0.0198. The fourth-order valence-electron chi connectivity index (χ4n) is 4.81. The molecule has 2 fully saturated rings. The van der Waals surface area contributed by atoms with Crippen molar-refractivity contribution in [2.75, 3.05) is 19.9 Å². The highest BCUT2D eigenvalue weighted by atomic mass is 16.7. The number of carbonyl (C=O) groups excluding carboxylic acids is 3. The zero-order chi connectivity index (χ0) is 21.3. The molecular formula is C22H29N3O5. The number of amides is 4. The molecule has 2 saturated heterocycles. The van der Waals surface area contributed by atoms with Crippen LogP contribution in [0.25, 0.3) is 0 Å². The maximum Gasteiger partial charge on any atom is 0.325 e. The molecule has 8 heteroatoms. The van der Waals surface area contributed by atoms with E-state index in [1.807, 2.05) is 30.9 Å². The highest BCUT2D eigenvalue weighted by Gasteiger charge is 2.54. The smallest absolute Gasteiger partial charge is 0.325 e. The molecule has 3 heterocycles. The molecule has 0 spiro atoms. The molecule has 8 nitrogen and oxygen atoms in total. The summed E-state index contributed by atoms with van der Waals surface area (Å²) in [5.41, 5.74) is -0.0810. The Morgan fingerprint density at radius 3 is 2.60 bits per heavy atom. The van der Waals surface area contributed by atoms with Crippen LogP contribution in [-0.4, -0.2) is 53.1 Å². The van der Waals surface area contributed by atoms with Crippen LogP contribution in [0.4, 0.5) is 4.79 Å². The SMILES string of the molecule is CCCC(=O)N1CCC(C2(CC)NC(=O)N(Cc3ccc4c(c3)OCO4)C2=O)CC1. The van der Waals surface area contributed by atoms with Gasteiger partial charge in [0, 0.05) is 19.5 Å². The molecule has 30 heavy (non-hydrogen) atoms. The molecular weight excluding hydrogens is 386 g/mol. The highest BCUT2D eigenvalue weighted by molar-refractivity contribution is 6.07. The zero-order valence-electron chi connectivity index (χ0n) is 17.6. The van der Waals surface area contributed by atoms with Crippen molar-refractivity contribution in [3.05, 3.63) is 23.8 Å². The van der Waals surface area contributed by atoms with Gasteiger partial charge >= 0.3 is 6.03 Å². The molecule has 0 aliphatic carbocycles. The van der Waals surface area contributed by atoms with E-state index in [0.29, 0.717) is 50.3 Å². The highest BCUT2D eigenvalue weighted by Crippen LogP contribution is 2.38. The molecule has 3 aliphatic rings. The molecule has 4 amide bonds. The predicted octanol–water partition coefficient (Wildman–Crippen LogP) is 2.65. The first-order valence-electron chi connectivity index (χ1n) is 10.8. The molecule has 1 atom stereocenters. The summed E-state index contributed by atoms with van der Waals surface area (Å²) in [4.78, 5) is 41.6. The number of urea groups is 1. The van der Waals surface area contributed by atoms with Crippen molar-refractivity contribution < 1.29 is 23.9 Å². The lowest BCUT2D eigenvalue weighted by Crippen LogP contribution is -2.56. The molecule has 4 rings (SSSR count). The summed E-state index contributed by atoms with van der Waals surface area (Å²) in [5, 5.41) is 3.01. The Bertz CT molecular complexity index is 849. The lowest BCUT2D eigenvalue weighted by atomic mass is 9.75. The number of piperidine rings is 1. The number of hydrogen-bond donors (Lipinski definition) is 1. The minimum atomic E-state index is -0.896. The van der Waals surface area contributed by atoms with E-state index in [1.54, 1.807) is 6.07 Å². The van der Waals surface area contributed by atoms with E-state index in [9.17, 15) is 14.4 Å². The van der Waals surface area contributed by atoms with Gasteiger partial charge in [0.05, 0.1) is 6.54 Å². The predicted molar refractivity (Wildman–Crippen MR) is 109 cm³/mol. The lowest BCUT2D eigenvalue weighted by molar-refractivity contribution is -0.136. The molecule has 162 valence electrons.